The second-order valence-corrected chi connectivity index (χ2v) is 6.62. The molecule has 0 atom stereocenters. The van der Waals surface area contributed by atoms with E-state index < -0.39 is 17.6 Å². The van der Waals surface area contributed by atoms with Crippen molar-refractivity contribution in [3.8, 4) is 0 Å². The first kappa shape index (κ1) is 10.3. The Bertz CT molecular complexity index is 63.7. The average molecular weight is 180 g/mol. The van der Waals surface area contributed by atoms with E-state index in [9.17, 15) is 0 Å². The summed E-state index contributed by atoms with van der Waals surface area (Å²) in [5.41, 5.74) is 0. The predicted molar refractivity (Wildman–Crippen MR) is 39.5 cm³/mol. The smallest absolute Gasteiger partial charge is 0.396 e. The molecule has 0 spiro atoms. The normalized spacial score (nSPS) is 11.4. The zero-order chi connectivity index (χ0) is 7.98. The van der Waals surface area contributed by atoms with Gasteiger partial charge >= 0.3 is 17.6 Å². The lowest BCUT2D eigenvalue weighted by atomic mass is 11.8. The van der Waals surface area contributed by atoms with Crippen molar-refractivity contribution in [2.24, 2.45) is 0 Å². The summed E-state index contributed by atoms with van der Waals surface area (Å²) in [7, 11) is 3.78. The van der Waals surface area contributed by atoms with Gasteiger partial charge in [0.1, 0.15) is 0 Å². The van der Waals surface area contributed by atoms with Gasteiger partial charge in [0, 0.05) is 28.4 Å². The van der Waals surface area contributed by atoms with E-state index in [1.54, 1.807) is 28.4 Å². The van der Waals surface area contributed by atoms with Crippen molar-refractivity contribution in [3.05, 3.63) is 0 Å². The molecular formula is C4H12O4Si2. The standard InChI is InChI=1S/C4H12O4Si2/c1-5-9(6-2)10(7-3)8-4/h1-4H3. The largest absolute Gasteiger partial charge is 0.432 e. The van der Waals surface area contributed by atoms with Crippen LogP contribution < -0.4 is 0 Å². The first-order chi connectivity index (χ1) is 4.79. The lowest BCUT2D eigenvalue weighted by Gasteiger charge is -2.13. The van der Waals surface area contributed by atoms with Crippen LogP contribution in [0, 0.1) is 0 Å². The zero-order valence-electron chi connectivity index (χ0n) is 6.63. The van der Waals surface area contributed by atoms with E-state index in [-0.39, 0.29) is 0 Å². The van der Waals surface area contributed by atoms with Crippen molar-refractivity contribution in [1.29, 1.82) is 0 Å². The summed E-state index contributed by atoms with van der Waals surface area (Å²) in [6.07, 6.45) is 0. The molecule has 0 N–H and O–H groups in total. The minimum absolute atomic E-state index is 1.31. The molecule has 4 nitrogen and oxygen atoms in total. The lowest BCUT2D eigenvalue weighted by Crippen LogP contribution is -2.43. The Morgan fingerprint density at radius 2 is 0.800 bits per heavy atom. The van der Waals surface area contributed by atoms with Crippen LogP contribution in [0.15, 0.2) is 0 Å². The Morgan fingerprint density at radius 3 is 0.900 bits per heavy atom. The summed E-state index contributed by atoms with van der Waals surface area (Å²) < 4.78 is 20.1. The third kappa shape index (κ3) is 2.91. The molecule has 0 amide bonds. The highest BCUT2D eigenvalue weighted by atomic mass is 29.2. The fourth-order valence-corrected chi connectivity index (χ4v) is 3.50. The third-order valence-electron chi connectivity index (χ3n) is 0.908. The Balaban J connectivity index is 3.70. The van der Waals surface area contributed by atoms with Gasteiger partial charge in [-0.05, 0) is 0 Å². The van der Waals surface area contributed by atoms with Crippen LogP contribution in [0.5, 0.6) is 0 Å². The van der Waals surface area contributed by atoms with E-state index in [0.717, 1.165) is 0 Å². The molecule has 0 aromatic carbocycles. The molecule has 0 aromatic rings. The van der Waals surface area contributed by atoms with Crippen molar-refractivity contribution in [3.63, 3.8) is 0 Å². The van der Waals surface area contributed by atoms with Gasteiger partial charge in [-0.1, -0.05) is 0 Å². The molecule has 0 fully saturated rings. The van der Waals surface area contributed by atoms with Crippen LogP contribution in [0.1, 0.15) is 0 Å². The molecule has 0 heterocycles. The molecule has 0 aliphatic carbocycles. The van der Waals surface area contributed by atoms with Gasteiger partial charge in [-0.3, -0.25) is 0 Å². The third-order valence-corrected chi connectivity index (χ3v) is 6.17. The highest BCUT2D eigenvalue weighted by Gasteiger charge is 2.32. The Labute approximate surface area is 64.5 Å². The summed E-state index contributed by atoms with van der Waals surface area (Å²) in [5.74, 6) is 0. The van der Waals surface area contributed by atoms with Crippen molar-refractivity contribution in [2.45, 2.75) is 0 Å². The van der Waals surface area contributed by atoms with E-state index >= 15 is 0 Å². The highest BCUT2D eigenvalue weighted by Crippen LogP contribution is 1.93. The Kier molecular flexibility index (Phi) is 6.18. The van der Waals surface area contributed by atoms with Crippen LogP contribution >= 0.6 is 0 Å². The highest BCUT2D eigenvalue weighted by molar-refractivity contribution is 7.10. The van der Waals surface area contributed by atoms with E-state index in [0.29, 0.717) is 0 Å². The van der Waals surface area contributed by atoms with Crippen molar-refractivity contribution >= 4 is 17.6 Å². The number of hydrogen-bond donors (Lipinski definition) is 0. The summed E-state index contributed by atoms with van der Waals surface area (Å²) >= 11 is 0. The molecule has 0 rings (SSSR count). The number of rotatable bonds is 5. The summed E-state index contributed by atoms with van der Waals surface area (Å²) in [5, 5.41) is 0. The van der Waals surface area contributed by atoms with E-state index in [2.05, 4.69) is 0 Å². The molecule has 0 aromatic heterocycles. The van der Waals surface area contributed by atoms with Crippen molar-refractivity contribution in [1.82, 2.24) is 0 Å². The van der Waals surface area contributed by atoms with Gasteiger partial charge in [-0.25, -0.2) is 0 Å². The molecule has 0 aliphatic heterocycles. The molecule has 0 bridgehead atoms. The van der Waals surface area contributed by atoms with Crippen LogP contribution in [0.3, 0.4) is 0 Å². The maximum absolute atomic E-state index is 5.02. The Hall–Kier alpha value is 0.274. The maximum Gasteiger partial charge on any atom is 0.432 e. The number of hydrogen-bond acceptors (Lipinski definition) is 4. The Morgan fingerprint density at radius 1 is 0.600 bits per heavy atom. The SMILES string of the molecule is CO[Si](OC)[Si](OC)OC. The van der Waals surface area contributed by atoms with E-state index in [1.807, 2.05) is 0 Å². The molecule has 0 saturated heterocycles. The first-order valence-corrected chi connectivity index (χ1v) is 6.33. The second-order valence-electron chi connectivity index (χ2n) is 1.39. The van der Waals surface area contributed by atoms with Crippen molar-refractivity contribution in [2.75, 3.05) is 28.4 Å². The van der Waals surface area contributed by atoms with E-state index in [1.165, 1.54) is 0 Å². The van der Waals surface area contributed by atoms with E-state index in [4.69, 9.17) is 17.7 Å². The molecule has 10 heavy (non-hydrogen) atoms. The van der Waals surface area contributed by atoms with Gasteiger partial charge in [-0.15, -0.1) is 0 Å². The fraction of sp³-hybridized carbons (Fsp3) is 1.00. The summed E-state index contributed by atoms with van der Waals surface area (Å²) in [6, 6.07) is 0. The molecule has 0 saturated carbocycles. The molecule has 6 heteroatoms. The van der Waals surface area contributed by atoms with Gasteiger partial charge in [0.15, 0.2) is 0 Å². The van der Waals surface area contributed by atoms with Gasteiger partial charge in [-0.2, -0.15) is 0 Å². The predicted octanol–water partition coefficient (Wildman–Crippen LogP) is -0.373. The van der Waals surface area contributed by atoms with Crippen LogP contribution in [0.2, 0.25) is 0 Å². The van der Waals surface area contributed by atoms with Gasteiger partial charge < -0.3 is 17.7 Å². The van der Waals surface area contributed by atoms with Gasteiger partial charge in [0.25, 0.3) is 0 Å². The second kappa shape index (κ2) is 6.01. The van der Waals surface area contributed by atoms with Gasteiger partial charge in [0.05, 0.1) is 0 Å². The molecular weight excluding hydrogens is 168 g/mol. The fourth-order valence-electron chi connectivity index (χ4n) is 0.500. The molecule has 0 aliphatic rings. The van der Waals surface area contributed by atoms with Crippen LogP contribution in [-0.2, 0) is 17.7 Å². The minimum Gasteiger partial charge on any atom is -0.396 e. The van der Waals surface area contributed by atoms with Crippen molar-refractivity contribution < 1.29 is 17.7 Å². The molecule has 2 radical (unpaired) electrons. The molecule has 60 valence electrons. The maximum atomic E-state index is 5.02. The minimum atomic E-state index is -1.31. The van der Waals surface area contributed by atoms with Crippen LogP contribution in [0.4, 0.5) is 0 Å². The topological polar surface area (TPSA) is 36.9 Å². The lowest BCUT2D eigenvalue weighted by molar-refractivity contribution is 0.244. The monoisotopic (exact) mass is 180 g/mol. The van der Waals surface area contributed by atoms with Crippen LogP contribution in [-0.4, -0.2) is 46.0 Å². The van der Waals surface area contributed by atoms with Crippen LogP contribution in [0.25, 0.3) is 0 Å². The average Bonchev–Trinajstić information content (AvgIpc) is 2.00. The summed E-state index contributed by atoms with van der Waals surface area (Å²) in [4.78, 5) is 0. The zero-order valence-corrected chi connectivity index (χ0v) is 8.63. The quantitative estimate of drug-likeness (QED) is 0.541. The molecule has 0 unspecified atom stereocenters. The van der Waals surface area contributed by atoms with Gasteiger partial charge in [0.2, 0.25) is 0 Å². The summed E-state index contributed by atoms with van der Waals surface area (Å²) in [6.45, 7) is 0. The first-order valence-electron chi connectivity index (χ1n) is 2.70.